The molecule has 4 unspecified atom stereocenters. The molecule has 2 heterocycles. The van der Waals surface area contributed by atoms with Crippen LogP contribution < -0.4 is 5.32 Å². The second-order valence-corrected chi connectivity index (χ2v) is 5.92. The maximum atomic E-state index is 5.89. The third-order valence-corrected chi connectivity index (χ3v) is 4.51. The van der Waals surface area contributed by atoms with E-state index in [-0.39, 0.29) is 5.60 Å². The van der Waals surface area contributed by atoms with Crippen molar-refractivity contribution >= 4 is 0 Å². The molecular weight excluding hydrogens is 214 g/mol. The van der Waals surface area contributed by atoms with Gasteiger partial charge in [-0.25, -0.2) is 0 Å². The van der Waals surface area contributed by atoms with Crippen LogP contribution in [-0.2, 0) is 9.47 Å². The van der Waals surface area contributed by atoms with Gasteiger partial charge >= 0.3 is 0 Å². The molecule has 2 aliphatic heterocycles. The summed E-state index contributed by atoms with van der Waals surface area (Å²) in [6.45, 7) is 9.54. The van der Waals surface area contributed by atoms with Crippen LogP contribution in [0.15, 0.2) is 0 Å². The fourth-order valence-electron chi connectivity index (χ4n) is 2.97. The Hall–Kier alpha value is -0.120. The smallest absolute Gasteiger partial charge is 0.0666 e. The van der Waals surface area contributed by atoms with Gasteiger partial charge in [-0.3, -0.25) is 0 Å². The Morgan fingerprint density at radius 2 is 2.18 bits per heavy atom. The molecule has 2 rings (SSSR count). The first kappa shape index (κ1) is 13.3. The van der Waals surface area contributed by atoms with Crippen molar-refractivity contribution in [2.45, 2.75) is 64.1 Å². The second kappa shape index (κ2) is 5.68. The molecule has 0 aliphatic carbocycles. The Balaban J connectivity index is 1.81. The Morgan fingerprint density at radius 1 is 1.35 bits per heavy atom. The second-order valence-electron chi connectivity index (χ2n) is 5.92. The molecule has 3 heteroatoms. The van der Waals surface area contributed by atoms with Crippen molar-refractivity contribution in [1.82, 2.24) is 5.32 Å². The predicted molar refractivity (Wildman–Crippen MR) is 69.2 cm³/mol. The minimum Gasteiger partial charge on any atom is -0.381 e. The van der Waals surface area contributed by atoms with Gasteiger partial charge in [0.2, 0.25) is 0 Å². The highest BCUT2D eigenvalue weighted by Crippen LogP contribution is 2.28. The van der Waals surface area contributed by atoms with Crippen LogP contribution in [0.5, 0.6) is 0 Å². The fraction of sp³-hybridized carbons (Fsp3) is 1.00. The van der Waals surface area contributed by atoms with Crippen LogP contribution in [0.4, 0.5) is 0 Å². The molecule has 2 aliphatic rings. The topological polar surface area (TPSA) is 30.5 Å². The molecule has 0 amide bonds. The molecule has 100 valence electrons. The summed E-state index contributed by atoms with van der Waals surface area (Å²) < 4.78 is 11.4. The molecule has 0 spiro atoms. The highest BCUT2D eigenvalue weighted by Gasteiger charge is 2.33. The summed E-state index contributed by atoms with van der Waals surface area (Å²) in [4.78, 5) is 0. The van der Waals surface area contributed by atoms with E-state index < -0.39 is 0 Å². The average Bonchev–Trinajstić information content (AvgIpc) is 2.82. The molecule has 0 aromatic heterocycles. The number of ether oxygens (including phenoxy) is 2. The van der Waals surface area contributed by atoms with Gasteiger partial charge in [0.25, 0.3) is 0 Å². The standard InChI is InChI=1S/C14H27NO2/c1-4-14(3)9-13(6-8-17-14)15-11(2)12-5-7-16-10-12/h11-13,15H,4-10H2,1-3H3. The summed E-state index contributed by atoms with van der Waals surface area (Å²) in [5.74, 6) is 0.700. The zero-order chi connectivity index (χ0) is 12.3. The first-order valence-corrected chi connectivity index (χ1v) is 7.11. The van der Waals surface area contributed by atoms with Gasteiger partial charge in [0.05, 0.1) is 12.2 Å². The lowest BCUT2D eigenvalue weighted by Gasteiger charge is -2.39. The van der Waals surface area contributed by atoms with E-state index >= 15 is 0 Å². The van der Waals surface area contributed by atoms with Crippen LogP contribution in [0, 0.1) is 5.92 Å². The Morgan fingerprint density at radius 3 is 2.82 bits per heavy atom. The SMILES string of the molecule is CCC1(C)CC(NC(C)C2CCOC2)CCO1. The molecule has 2 fully saturated rings. The van der Waals surface area contributed by atoms with Crippen molar-refractivity contribution in [3.8, 4) is 0 Å². The van der Waals surface area contributed by atoms with Gasteiger partial charge < -0.3 is 14.8 Å². The van der Waals surface area contributed by atoms with Gasteiger partial charge in [-0.1, -0.05) is 6.92 Å². The molecule has 0 bridgehead atoms. The lowest BCUT2D eigenvalue weighted by molar-refractivity contribution is -0.0795. The van der Waals surface area contributed by atoms with E-state index in [9.17, 15) is 0 Å². The van der Waals surface area contributed by atoms with Crippen LogP contribution in [-0.4, -0.2) is 37.5 Å². The zero-order valence-corrected chi connectivity index (χ0v) is 11.5. The number of nitrogens with one attached hydrogen (secondary N) is 1. The van der Waals surface area contributed by atoms with E-state index in [2.05, 4.69) is 26.1 Å². The number of hydrogen-bond donors (Lipinski definition) is 1. The molecule has 0 aromatic carbocycles. The minimum atomic E-state index is 0.0851. The Labute approximate surface area is 105 Å². The van der Waals surface area contributed by atoms with Crippen LogP contribution in [0.2, 0.25) is 0 Å². The summed E-state index contributed by atoms with van der Waals surface area (Å²) in [6, 6.07) is 1.19. The molecule has 4 atom stereocenters. The zero-order valence-electron chi connectivity index (χ0n) is 11.5. The van der Waals surface area contributed by atoms with Crippen LogP contribution >= 0.6 is 0 Å². The van der Waals surface area contributed by atoms with Crippen molar-refractivity contribution in [2.75, 3.05) is 19.8 Å². The summed E-state index contributed by atoms with van der Waals surface area (Å²) in [5, 5.41) is 3.79. The predicted octanol–water partition coefficient (Wildman–Crippen LogP) is 2.35. The Kier molecular flexibility index (Phi) is 4.45. The van der Waals surface area contributed by atoms with Crippen LogP contribution in [0.3, 0.4) is 0 Å². The number of rotatable bonds is 4. The van der Waals surface area contributed by atoms with E-state index in [0.717, 1.165) is 39.1 Å². The molecule has 0 radical (unpaired) electrons. The third-order valence-electron chi connectivity index (χ3n) is 4.51. The van der Waals surface area contributed by atoms with Crippen molar-refractivity contribution in [3.05, 3.63) is 0 Å². The average molecular weight is 241 g/mol. The van der Waals surface area contributed by atoms with Crippen molar-refractivity contribution < 1.29 is 9.47 Å². The van der Waals surface area contributed by atoms with E-state index in [1.807, 2.05) is 0 Å². The molecular formula is C14H27NO2. The molecule has 3 nitrogen and oxygen atoms in total. The lowest BCUT2D eigenvalue weighted by atomic mass is 9.88. The molecule has 1 N–H and O–H groups in total. The van der Waals surface area contributed by atoms with Gasteiger partial charge in [0, 0.05) is 25.3 Å². The summed E-state index contributed by atoms with van der Waals surface area (Å²) in [5.41, 5.74) is 0.0851. The van der Waals surface area contributed by atoms with Crippen molar-refractivity contribution in [3.63, 3.8) is 0 Å². The first-order valence-electron chi connectivity index (χ1n) is 7.11. The monoisotopic (exact) mass is 241 g/mol. The maximum Gasteiger partial charge on any atom is 0.0666 e. The summed E-state index contributed by atoms with van der Waals surface area (Å²) >= 11 is 0. The normalized spacial score (nSPS) is 40.4. The highest BCUT2D eigenvalue weighted by atomic mass is 16.5. The van der Waals surface area contributed by atoms with E-state index in [4.69, 9.17) is 9.47 Å². The molecule has 17 heavy (non-hydrogen) atoms. The summed E-state index contributed by atoms with van der Waals surface area (Å²) in [6.07, 6.45) is 4.60. The van der Waals surface area contributed by atoms with Gasteiger partial charge in [-0.15, -0.1) is 0 Å². The first-order chi connectivity index (χ1) is 8.13. The maximum absolute atomic E-state index is 5.89. The molecule has 2 saturated heterocycles. The number of hydrogen-bond acceptors (Lipinski definition) is 3. The lowest BCUT2D eigenvalue weighted by Crippen LogP contribution is -2.49. The molecule has 0 saturated carbocycles. The largest absolute Gasteiger partial charge is 0.381 e. The van der Waals surface area contributed by atoms with Crippen molar-refractivity contribution in [2.24, 2.45) is 5.92 Å². The molecule has 0 aromatic rings. The fourth-order valence-corrected chi connectivity index (χ4v) is 2.97. The summed E-state index contributed by atoms with van der Waals surface area (Å²) in [7, 11) is 0. The minimum absolute atomic E-state index is 0.0851. The van der Waals surface area contributed by atoms with Gasteiger partial charge in [-0.2, -0.15) is 0 Å². The van der Waals surface area contributed by atoms with E-state index in [1.165, 1.54) is 6.42 Å². The van der Waals surface area contributed by atoms with Gasteiger partial charge in [-0.05, 0) is 45.4 Å². The van der Waals surface area contributed by atoms with Gasteiger partial charge in [0.15, 0.2) is 0 Å². The third kappa shape index (κ3) is 3.43. The van der Waals surface area contributed by atoms with E-state index in [1.54, 1.807) is 0 Å². The van der Waals surface area contributed by atoms with E-state index in [0.29, 0.717) is 18.0 Å². The van der Waals surface area contributed by atoms with Gasteiger partial charge in [0.1, 0.15) is 0 Å². The Bertz CT molecular complexity index is 240. The van der Waals surface area contributed by atoms with Crippen LogP contribution in [0.25, 0.3) is 0 Å². The van der Waals surface area contributed by atoms with Crippen molar-refractivity contribution in [1.29, 1.82) is 0 Å². The van der Waals surface area contributed by atoms with Crippen LogP contribution in [0.1, 0.15) is 46.5 Å². The quantitative estimate of drug-likeness (QED) is 0.819. The highest BCUT2D eigenvalue weighted by molar-refractivity contribution is 4.88.